The summed E-state index contributed by atoms with van der Waals surface area (Å²) in [6.07, 6.45) is 4.19. The van der Waals surface area contributed by atoms with Crippen molar-refractivity contribution in [2.75, 3.05) is 0 Å². The number of hydrogen-bond donors (Lipinski definition) is 2. The van der Waals surface area contributed by atoms with E-state index in [1.807, 2.05) is 13.0 Å². The molecule has 0 bridgehead atoms. The highest BCUT2D eigenvalue weighted by Gasteiger charge is 2.52. The first-order chi connectivity index (χ1) is 10.0. The van der Waals surface area contributed by atoms with Gasteiger partial charge in [0.25, 0.3) is 11.8 Å². The van der Waals surface area contributed by atoms with Gasteiger partial charge in [0, 0.05) is 0 Å². The molecule has 112 valence electrons. The number of thiophene rings is 1. The maximum atomic E-state index is 12.5. The molecule has 1 saturated heterocycles. The molecule has 3 rings (SSSR count). The lowest BCUT2D eigenvalue weighted by Gasteiger charge is -2.30. The summed E-state index contributed by atoms with van der Waals surface area (Å²) in [7, 11) is 0. The van der Waals surface area contributed by atoms with Gasteiger partial charge in [-0.2, -0.15) is 5.01 Å². The molecule has 1 aliphatic carbocycles. The van der Waals surface area contributed by atoms with Gasteiger partial charge in [-0.25, -0.2) is 4.79 Å². The van der Waals surface area contributed by atoms with Crippen molar-refractivity contribution in [1.82, 2.24) is 15.8 Å². The van der Waals surface area contributed by atoms with Crippen LogP contribution in [0.4, 0.5) is 4.79 Å². The average molecular weight is 307 g/mol. The number of amides is 4. The van der Waals surface area contributed by atoms with Crippen molar-refractivity contribution in [3.63, 3.8) is 0 Å². The summed E-state index contributed by atoms with van der Waals surface area (Å²) in [6.45, 7) is 1.82. The first kappa shape index (κ1) is 14.1. The SMILES string of the molecule is Cc1ccsc1C(=O)NN1C(=O)NC2(CCCCC2)C1=O. The summed E-state index contributed by atoms with van der Waals surface area (Å²) in [6, 6.07) is 1.29. The van der Waals surface area contributed by atoms with Gasteiger partial charge in [-0.05, 0) is 36.8 Å². The third-order valence-electron chi connectivity index (χ3n) is 4.15. The number of aryl methyl sites for hydroxylation is 1. The van der Waals surface area contributed by atoms with Crippen LogP contribution in [0.2, 0.25) is 0 Å². The van der Waals surface area contributed by atoms with Crippen LogP contribution in [-0.4, -0.2) is 28.4 Å². The quantitative estimate of drug-likeness (QED) is 0.820. The Kier molecular flexibility index (Phi) is 3.44. The second-order valence-corrected chi connectivity index (χ2v) is 6.50. The predicted molar refractivity (Wildman–Crippen MR) is 77.7 cm³/mol. The van der Waals surface area contributed by atoms with E-state index >= 15 is 0 Å². The Morgan fingerprint density at radius 1 is 1.33 bits per heavy atom. The van der Waals surface area contributed by atoms with Gasteiger partial charge < -0.3 is 5.32 Å². The number of nitrogens with one attached hydrogen (secondary N) is 2. The minimum atomic E-state index is -0.812. The van der Waals surface area contributed by atoms with Crippen LogP contribution in [0.15, 0.2) is 11.4 Å². The minimum Gasteiger partial charge on any atom is -0.322 e. The molecule has 1 aliphatic heterocycles. The lowest BCUT2D eigenvalue weighted by Crippen LogP contribution is -2.50. The van der Waals surface area contributed by atoms with Crippen LogP contribution in [0.3, 0.4) is 0 Å². The largest absolute Gasteiger partial charge is 0.344 e. The molecule has 21 heavy (non-hydrogen) atoms. The van der Waals surface area contributed by atoms with E-state index in [1.165, 1.54) is 11.3 Å². The smallest absolute Gasteiger partial charge is 0.322 e. The summed E-state index contributed by atoms with van der Waals surface area (Å²) in [5.41, 5.74) is 2.45. The molecule has 0 aromatic carbocycles. The first-order valence-corrected chi connectivity index (χ1v) is 7.93. The summed E-state index contributed by atoms with van der Waals surface area (Å²) in [5, 5.41) is 5.40. The maximum absolute atomic E-state index is 12.5. The van der Waals surface area contributed by atoms with Crippen LogP contribution < -0.4 is 10.7 Å². The molecule has 0 unspecified atom stereocenters. The number of hydrogen-bond acceptors (Lipinski definition) is 4. The topological polar surface area (TPSA) is 78.5 Å². The Morgan fingerprint density at radius 2 is 2.05 bits per heavy atom. The van der Waals surface area contributed by atoms with Gasteiger partial charge in [0.05, 0.1) is 4.88 Å². The molecule has 1 saturated carbocycles. The van der Waals surface area contributed by atoms with Crippen molar-refractivity contribution < 1.29 is 14.4 Å². The standard InChI is InChI=1S/C14H17N3O3S/c1-9-5-8-21-10(9)11(18)16-17-12(19)14(15-13(17)20)6-3-2-4-7-14/h5,8H,2-4,6-7H2,1H3,(H,15,20)(H,16,18). The van der Waals surface area contributed by atoms with Gasteiger partial charge in [-0.3, -0.25) is 15.0 Å². The molecule has 2 fully saturated rings. The number of nitrogens with zero attached hydrogens (tertiary/aromatic N) is 1. The Labute approximate surface area is 126 Å². The van der Waals surface area contributed by atoms with Crippen molar-refractivity contribution in [3.05, 3.63) is 21.9 Å². The maximum Gasteiger partial charge on any atom is 0.344 e. The fourth-order valence-corrected chi connectivity index (χ4v) is 3.79. The fraction of sp³-hybridized carbons (Fsp3) is 0.500. The Balaban J connectivity index is 1.77. The van der Waals surface area contributed by atoms with E-state index < -0.39 is 17.5 Å². The van der Waals surface area contributed by atoms with Crippen molar-refractivity contribution >= 4 is 29.2 Å². The molecule has 4 amide bonds. The third kappa shape index (κ3) is 2.31. The van der Waals surface area contributed by atoms with E-state index in [9.17, 15) is 14.4 Å². The van der Waals surface area contributed by atoms with Crippen LogP contribution in [-0.2, 0) is 4.79 Å². The number of imide groups is 1. The number of hydrazine groups is 1. The van der Waals surface area contributed by atoms with Gasteiger partial charge in [0.15, 0.2) is 0 Å². The van der Waals surface area contributed by atoms with Crippen LogP contribution >= 0.6 is 11.3 Å². The highest BCUT2D eigenvalue weighted by atomic mass is 32.1. The summed E-state index contributed by atoms with van der Waals surface area (Å²) < 4.78 is 0. The van der Waals surface area contributed by atoms with Gasteiger partial charge in [-0.15, -0.1) is 11.3 Å². The molecular weight excluding hydrogens is 290 g/mol. The van der Waals surface area contributed by atoms with Crippen molar-refractivity contribution in [1.29, 1.82) is 0 Å². The second-order valence-electron chi connectivity index (χ2n) is 5.59. The van der Waals surface area contributed by atoms with Crippen LogP contribution in [0, 0.1) is 6.92 Å². The molecule has 2 N–H and O–H groups in total. The minimum absolute atomic E-state index is 0.338. The highest BCUT2D eigenvalue weighted by molar-refractivity contribution is 7.12. The lowest BCUT2D eigenvalue weighted by molar-refractivity contribution is -0.134. The molecule has 2 aliphatic rings. The Morgan fingerprint density at radius 3 is 2.67 bits per heavy atom. The van der Waals surface area contributed by atoms with E-state index in [4.69, 9.17) is 0 Å². The molecule has 1 aromatic heterocycles. The normalized spacial score (nSPS) is 20.7. The molecule has 0 radical (unpaired) electrons. The molecule has 1 spiro atoms. The van der Waals surface area contributed by atoms with Crippen LogP contribution in [0.5, 0.6) is 0 Å². The summed E-state index contributed by atoms with van der Waals surface area (Å²) >= 11 is 1.29. The van der Waals surface area contributed by atoms with E-state index in [2.05, 4.69) is 10.7 Å². The lowest BCUT2D eigenvalue weighted by atomic mass is 9.82. The van der Waals surface area contributed by atoms with Crippen molar-refractivity contribution in [3.8, 4) is 0 Å². The highest BCUT2D eigenvalue weighted by Crippen LogP contribution is 2.33. The number of carbonyl (C=O) groups excluding carboxylic acids is 3. The zero-order valence-electron chi connectivity index (χ0n) is 11.8. The Hall–Kier alpha value is -1.89. The van der Waals surface area contributed by atoms with Crippen LogP contribution in [0.25, 0.3) is 0 Å². The first-order valence-electron chi connectivity index (χ1n) is 7.05. The summed E-state index contributed by atoms with van der Waals surface area (Å²) in [4.78, 5) is 37.2. The monoisotopic (exact) mass is 307 g/mol. The number of urea groups is 1. The summed E-state index contributed by atoms with van der Waals surface area (Å²) in [5.74, 6) is -0.756. The molecule has 1 aromatic rings. The van der Waals surface area contributed by atoms with E-state index in [0.29, 0.717) is 17.7 Å². The molecule has 6 nitrogen and oxygen atoms in total. The van der Waals surface area contributed by atoms with E-state index in [1.54, 1.807) is 5.38 Å². The van der Waals surface area contributed by atoms with Crippen molar-refractivity contribution in [2.24, 2.45) is 0 Å². The number of rotatable bonds is 2. The molecule has 2 heterocycles. The van der Waals surface area contributed by atoms with Gasteiger partial charge in [-0.1, -0.05) is 19.3 Å². The van der Waals surface area contributed by atoms with Crippen molar-refractivity contribution in [2.45, 2.75) is 44.6 Å². The molecular formula is C14H17N3O3S. The van der Waals surface area contributed by atoms with E-state index in [0.717, 1.165) is 29.8 Å². The zero-order chi connectivity index (χ0) is 15.0. The van der Waals surface area contributed by atoms with Crippen LogP contribution in [0.1, 0.15) is 47.3 Å². The van der Waals surface area contributed by atoms with Gasteiger partial charge >= 0.3 is 6.03 Å². The molecule has 0 atom stereocenters. The number of carbonyl (C=O) groups is 3. The predicted octanol–water partition coefficient (Wildman–Crippen LogP) is 1.96. The molecule has 7 heteroatoms. The second kappa shape index (κ2) is 5.14. The van der Waals surface area contributed by atoms with Gasteiger partial charge in [0.2, 0.25) is 0 Å². The average Bonchev–Trinajstić information content (AvgIpc) is 2.98. The zero-order valence-corrected chi connectivity index (χ0v) is 12.6. The Bertz CT molecular complexity index is 604. The third-order valence-corrected chi connectivity index (χ3v) is 5.17. The fourth-order valence-electron chi connectivity index (χ4n) is 2.97. The van der Waals surface area contributed by atoms with Gasteiger partial charge in [0.1, 0.15) is 5.54 Å². The van der Waals surface area contributed by atoms with E-state index in [-0.39, 0.29) is 5.91 Å².